The Morgan fingerprint density at radius 1 is 0.725 bits per heavy atom. The number of furan rings is 1. The molecule has 0 aliphatic rings. The number of primary amides is 1. The number of nitrogens with two attached hydrogens (primary N) is 1. The fourth-order valence-corrected chi connectivity index (χ4v) is 5.43. The molecule has 0 saturated carbocycles. The van der Waals surface area contributed by atoms with E-state index in [1.165, 1.54) is 81.3 Å². The van der Waals surface area contributed by atoms with Crippen LogP contribution in [0.3, 0.4) is 0 Å². The zero-order valence-corrected chi connectivity index (χ0v) is 23.1. The molecule has 40 heavy (non-hydrogen) atoms. The molecular formula is C33H39NO6. The van der Waals surface area contributed by atoms with Gasteiger partial charge in [0.2, 0.25) is 5.91 Å². The molecule has 7 nitrogen and oxygen atoms in total. The van der Waals surface area contributed by atoms with Crippen molar-refractivity contribution in [2.75, 3.05) is 0 Å². The van der Waals surface area contributed by atoms with E-state index >= 15 is 0 Å². The number of amides is 1. The van der Waals surface area contributed by atoms with Crippen LogP contribution in [-0.2, 0) is 6.42 Å². The van der Waals surface area contributed by atoms with Crippen molar-refractivity contribution in [3.05, 3.63) is 59.7 Å². The first-order valence-corrected chi connectivity index (χ1v) is 14.2. The highest BCUT2D eigenvalue weighted by Gasteiger charge is 2.27. The third-order valence-corrected chi connectivity index (χ3v) is 7.41. The number of phenols is 4. The van der Waals surface area contributed by atoms with Gasteiger partial charge in [-0.25, -0.2) is 0 Å². The normalized spacial score (nSPS) is 11.3. The number of unbranched alkanes of at least 4 members (excludes halogenated alkanes) is 9. The topological polar surface area (TPSA) is 137 Å². The lowest BCUT2D eigenvalue weighted by atomic mass is 9.90. The Morgan fingerprint density at radius 2 is 1.30 bits per heavy atom. The maximum absolute atomic E-state index is 12.9. The van der Waals surface area contributed by atoms with Crippen molar-refractivity contribution in [2.45, 2.75) is 77.6 Å². The van der Waals surface area contributed by atoms with Gasteiger partial charge in [-0.05, 0) is 54.8 Å². The second-order valence-electron chi connectivity index (χ2n) is 10.5. The van der Waals surface area contributed by atoms with Crippen LogP contribution in [0, 0.1) is 0 Å². The zero-order valence-electron chi connectivity index (χ0n) is 23.1. The van der Waals surface area contributed by atoms with Gasteiger partial charge in [0.15, 0.2) is 0 Å². The van der Waals surface area contributed by atoms with Crippen molar-refractivity contribution in [3.63, 3.8) is 0 Å². The molecule has 4 rings (SSSR count). The summed E-state index contributed by atoms with van der Waals surface area (Å²) in [5.41, 5.74) is 8.25. The summed E-state index contributed by atoms with van der Waals surface area (Å²) < 4.78 is 6.18. The standard InChI is InChI=1S/C33H39NO6/c1-2-3-4-5-6-7-8-9-10-11-12-26-27(38)20-28-31(30(26)33(34)39)29(22-17-24(36)19-25(37)18-22)32(40-28)21-13-15-23(35)16-14-21/h13-20,35-38H,2-12H2,1H3,(H2,34,39). The van der Waals surface area contributed by atoms with E-state index in [2.05, 4.69) is 6.92 Å². The van der Waals surface area contributed by atoms with E-state index in [-0.39, 0.29) is 34.1 Å². The molecule has 6 N–H and O–H groups in total. The Kier molecular flexibility index (Phi) is 9.59. The van der Waals surface area contributed by atoms with Crippen LogP contribution in [0.5, 0.6) is 23.0 Å². The summed E-state index contributed by atoms with van der Waals surface area (Å²) in [5, 5.41) is 41.7. The Hall–Kier alpha value is -4.13. The highest BCUT2D eigenvalue weighted by atomic mass is 16.3. The maximum Gasteiger partial charge on any atom is 0.249 e. The lowest BCUT2D eigenvalue weighted by Gasteiger charge is -2.12. The minimum atomic E-state index is -0.702. The van der Waals surface area contributed by atoms with Crippen molar-refractivity contribution < 1.29 is 29.6 Å². The average molecular weight is 546 g/mol. The number of aromatic hydroxyl groups is 4. The SMILES string of the molecule is CCCCCCCCCCCCc1c(O)cc2oc(-c3ccc(O)cc3)c(-c3cc(O)cc(O)c3)c2c1C(N)=O. The van der Waals surface area contributed by atoms with Crippen molar-refractivity contribution in [1.29, 1.82) is 0 Å². The van der Waals surface area contributed by atoms with Crippen LogP contribution in [0.2, 0.25) is 0 Å². The summed E-state index contributed by atoms with van der Waals surface area (Å²) >= 11 is 0. The van der Waals surface area contributed by atoms with E-state index < -0.39 is 5.91 Å². The van der Waals surface area contributed by atoms with Crippen LogP contribution in [-0.4, -0.2) is 26.3 Å². The van der Waals surface area contributed by atoms with E-state index in [4.69, 9.17) is 10.2 Å². The van der Waals surface area contributed by atoms with Gasteiger partial charge in [-0.3, -0.25) is 4.79 Å². The smallest absolute Gasteiger partial charge is 0.249 e. The molecule has 0 saturated heterocycles. The van der Waals surface area contributed by atoms with Gasteiger partial charge < -0.3 is 30.6 Å². The van der Waals surface area contributed by atoms with Gasteiger partial charge in [-0.2, -0.15) is 0 Å². The second kappa shape index (κ2) is 13.3. The Labute approximate surface area is 234 Å². The first kappa shape index (κ1) is 28.9. The highest BCUT2D eigenvalue weighted by Crippen LogP contribution is 2.46. The predicted octanol–water partition coefficient (Wildman–Crippen LogP) is 8.15. The van der Waals surface area contributed by atoms with Crippen molar-refractivity contribution in [1.82, 2.24) is 0 Å². The summed E-state index contributed by atoms with van der Waals surface area (Å²) in [5.74, 6) is -0.666. The third-order valence-electron chi connectivity index (χ3n) is 7.41. The minimum absolute atomic E-state index is 0.0615. The van der Waals surface area contributed by atoms with Crippen molar-refractivity contribution in [3.8, 4) is 45.4 Å². The second-order valence-corrected chi connectivity index (χ2v) is 10.5. The molecule has 0 spiro atoms. The van der Waals surface area contributed by atoms with Gasteiger partial charge >= 0.3 is 0 Å². The van der Waals surface area contributed by atoms with Crippen molar-refractivity contribution in [2.24, 2.45) is 5.73 Å². The number of carbonyl (C=O) groups is 1. The largest absolute Gasteiger partial charge is 0.508 e. The van der Waals surface area contributed by atoms with Crippen LogP contribution in [0.4, 0.5) is 0 Å². The van der Waals surface area contributed by atoms with Gasteiger partial charge in [0.25, 0.3) is 0 Å². The molecule has 0 fully saturated rings. The van der Waals surface area contributed by atoms with E-state index in [0.717, 1.165) is 19.3 Å². The summed E-state index contributed by atoms with van der Waals surface area (Å²) in [7, 11) is 0. The van der Waals surface area contributed by atoms with Gasteiger partial charge in [0, 0.05) is 34.2 Å². The monoisotopic (exact) mass is 545 g/mol. The van der Waals surface area contributed by atoms with Gasteiger partial charge in [-0.1, -0.05) is 64.7 Å². The van der Waals surface area contributed by atoms with E-state index in [1.54, 1.807) is 12.1 Å². The highest BCUT2D eigenvalue weighted by molar-refractivity contribution is 6.15. The minimum Gasteiger partial charge on any atom is -0.508 e. The molecule has 0 radical (unpaired) electrons. The number of hydrogen-bond donors (Lipinski definition) is 5. The van der Waals surface area contributed by atoms with Crippen LogP contribution < -0.4 is 5.73 Å². The van der Waals surface area contributed by atoms with Crippen LogP contribution >= 0.6 is 0 Å². The number of benzene rings is 3. The molecule has 1 aromatic heterocycles. The molecule has 212 valence electrons. The van der Waals surface area contributed by atoms with Crippen LogP contribution in [0.25, 0.3) is 33.4 Å². The van der Waals surface area contributed by atoms with Crippen LogP contribution in [0.15, 0.2) is 52.9 Å². The van der Waals surface area contributed by atoms with Crippen molar-refractivity contribution >= 4 is 16.9 Å². The molecule has 7 heteroatoms. The van der Waals surface area contributed by atoms with Gasteiger partial charge in [-0.15, -0.1) is 0 Å². The van der Waals surface area contributed by atoms with Crippen LogP contribution in [0.1, 0.15) is 87.1 Å². The van der Waals surface area contributed by atoms with Gasteiger partial charge in [0.05, 0.1) is 5.56 Å². The Balaban J connectivity index is 1.69. The molecule has 0 atom stereocenters. The fourth-order valence-electron chi connectivity index (χ4n) is 5.43. The van der Waals surface area contributed by atoms with E-state index in [9.17, 15) is 25.2 Å². The van der Waals surface area contributed by atoms with Gasteiger partial charge in [0.1, 0.15) is 34.3 Å². The molecule has 0 unspecified atom stereocenters. The first-order chi connectivity index (χ1) is 19.3. The molecule has 0 bridgehead atoms. The lowest BCUT2D eigenvalue weighted by molar-refractivity contribution is 0.100. The number of rotatable bonds is 14. The summed E-state index contributed by atoms with van der Waals surface area (Å²) in [6.45, 7) is 2.22. The molecule has 1 amide bonds. The molecular weight excluding hydrogens is 506 g/mol. The quantitative estimate of drug-likeness (QED) is 0.101. The number of fused-ring (bicyclic) bond motifs is 1. The third kappa shape index (κ3) is 6.71. The summed E-state index contributed by atoms with van der Waals surface area (Å²) in [6, 6.07) is 12.0. The fraction of sp³-hybridized carbons (Fsp3) is 0.364. The number of carbonyl (C=O) groups excluding carboxylic acids is 1. The predicted molar refractivity (Wildman–Crippen MR) is 158 cm³/mol. The molecule has 3 aromatic carbocycles. The molecule has 4 aromatic rings. The zero-order chi connectivity index (χ0) is 28.6. The molecule has 0 aliphatic carbocycles. The van der Waals surface area contributed by atoms with E-state index in [1.807, 2.05) is 0 Å². The molecule has 1 heterocycles. The average Bonchev–Trinajstić information content (AvgIpc) is 3.28. The number of hydrogen-bond acceptors (Lipinski definition) is 6. The van der Waals surface area contributed by atoms with E-state index in [0.29, 0.717) is 39.8 Å². The lowest BCUT2D eigenvalue weighted by Crippen LogP contribution is -2.15. The Bertz CT molecular complexity index is 1430. The summed E-state index contributed by atoms with van der Waals surface area (Å²) in [4.78, 5) is 12.9. The Morgan fingerprint density at radius 3 is 1.88 bits per heavy atom. The maximum atomic E-state index is 12.9. The summed E-state index contributed by atoms with van der Waals surface area (Å²) in [6.07, 6.45) is 12.1. The first-order valence-electron chi connectivity index (χ1n) is 14.2. The molecule has 0 aliphatic heterocycles. The number of phenolic OH excluding ortho intramolecular Hbond substituents is 4.